The van der Waals surface area contributed by atoms with Crippen LogP contribution >= 0.6 is 0 Å². The summed E-state index contributed by atoms with van der Waals surface area (Å²) < 4.78 is 5.12. The number of hydrogen-bond donors (Lipinski definition) is 1. The lowest BCUT2D eigenvalue weighted by Gasteiger charge is -2.17. The fourth-order valence-electron chi connectivity index (χ4n) is 3.82. The molecule has 3 aromatic rings. The summed E-state index contributed by atoms with van der Waals surface area (Å²) in [7, 11) is 1.58. The molecule has 0 saturated heterocycles. The van der Waals surface area contributed by atoms with Gasteiger partial charge >= 0.3 is 5.97 Å². The van der Waals surface area contributed by atoms with Crippen LogP contribution in [-0.2, 0) is 17.8 Å². The zero-order valence-electron chi connectivity index (χ0n) is 17.9. The molecular formula is C26H23NO5. The van der Waals surface area contributed by atoms with Crippen LogP contribution in [0.25, 0.3) is 0 Å². The molecule has 6 heteroatoms. The lowest BCUT2D eigenvalue weighted by Crippen LogP contribution is -2.23. The molecule has 1 N–H and O–H groups in total. The predicted octanol–water partition coefficient (Wildman–Crippen LogP) is 4.47. The molecule has 1 amide bonds. The molecule has 1 aliphatic rings. The van der Waals surface area contributed by atoms with Crippen molar-refractivity contribution in [2.45, 2.75) is 25.8 Å². The summed E-state index contributed by atoms with van der Waals surface area (Å²) in [5.74, 6) is -0.966. The number of carbonyl (C=O) groups excluding carboxylic acids is 2. The first-order valence-corrected chi connectivity index (χ1v) is 10.3. The number of rotatable bonds is 7. The normalized spacial score (nSPS) is 13.6. The van der Waals surface area contributed by atoms with Crippen molar-refractivity contribution in [2.24, 2.45) is 0 Å². The minimum absolute atomic E-state index is 0.0296. The second-order valence-corrected chi connectivity index (χ2v) is 7.86. The number of hydrogen-bond acceptors (Lipinski definition) is 4. The molecule has 162 valence electrons. The van der Waals surface area contributed by atoms with Gasteiger partial charge < -0.3 is 14.7 Å². The van der Waals surface area contributed by atoms with Crippen LogP contribution < -0.4 is 9.64 Å². The highest BCUT2D eigenvalue weighted by molar-refractivity contribution is 6.10. The van der Waals surface area contributed by atoms with Crippen molar-refractivity contribution in [3.8, 4) is 5.75 Å². The number of carboxylic acids is 1. The predicted molar refractivity (Wildman–Crippen MR) is 120 cm³/mol. The van der Waals surface area contributed by atoms with Crippen LogP contribution in [-0.4, -0.2) is 29.9 Å². The van der Waals surface area contributed by atoms with Gasteiger partial charge in [-0.25, -0.2) is 0 Å². The smallest absolute Gasteiger partial charge is 0.310 e. The second kappa shape index (κ2) is 8.67. The Labute approximate surface area is 186 Å². The van der Waals surface area contributed by atoms with Gasteiger partial charge in [0.25, 0.3) is 5.91 Å². The highest BCUT2D eigenvalue weighted by Crippen LogP contribution is 2.30. The Balaban J connectivity index is 1.50. The molecule has 0 fully saturated rings. The first-order valence-electron chi connectivity index (χ1n) is 10.3. The third-order valence-corrected chi connectivity index (χ3v) is 5.83. The fourth-order valence-corrected chi connectivity index (χ4v) is 3.82. The van der Waals surface area contributed by atoms with E-state index in [-0.39, 0.29) is 18.1 Å². The standard InChI is InChI=1S/C26H23NO5/c1-16(26(30)31)18-5-9-21(10-6-18)27-15-20-4-3-17(13-23(20)25(27)29)14-24(28)19-7-11-22(32-2)12-8-19/h3-13,16H,14-15H2,1-2H3,(H,30,31). The average molecular weight is 429 g/mol. The zero-order valence-corrected chi connectivity index (χ0v) is 17.9. The van der Waals surface area contributed by atoms with Gasteiger partial charge in [0.1, 0.15) is 5.75 Å². The number of ketones is 1. The Bertz CT molecular complexity index is 1180. The van der Waals surface area contributed by atoms with Gasteiger partial charge in [0.05, 0.1) is 19.6 Å². The van der Waals surface area contributed by atoms with Crippen LogP contribution in [0.3, 0.4) is 0 Å². The summed E-state index contributed by atoms with van der Waals surface area (Å²) in [6.07, 6.45) is 0.203. The number of ether oxygens (including phenoxy) is 1. The highest BCUT2D eigenvalue weighted by Gasteiger charge is 2.29. The number of amides is 1. The highest BCUT2D eigenvalue weighted by atomic mass is 16.5. The van der Waals surface area contributed by atoms with Gasteiger partial charge in [-0.1, -0.05) is 24.3 Å². The quantitative estimate of drug-likeness (QED) is 0.560. The SMILES string of the molecule is COc1ccc(C(=O)Cc2ccc3c(c2)C(=O)N(c2ccc(C(C)C(=O)O)cc2)C3)cc1. The number of fused-ring (bicyclic) bond motifs is 1. The number of carboxylic acid groups (broad SMARTS) is 1. The number of nitrogens with zero attached hydrogens (tertiary/aromatic N) is 1. The molecular weight excluding hydrogens is 406 g/mol. The van der Waals surface area contributed by atoms with Crippen molar-refractivity contribution in [3.63, 3.8) is 0 Å². The molecule has 6 nitrogen and oxygen atoms in total. The van der Waals surface area contributed by atoms with Crippen molar-refractivity contribution in [2.75, 3.05) is 12.0 Å². The van der Waals surface area contributed by atoms with E-state index in [1.54, 1.807) is 73.5 Å². The Morgan fingerprint density at radius 2 is 1.72 bits per heavy atom. The van der Waals surface area contributed by atoms with Gasteiger partial charge in [-0.2, -0.15) is 0 Å². The first kappa shape index (κ1) is 21.3. The lowest BCUT2D eigenvalue weighted by molar-refractivity contribution is -0.138. The molecule has 0 aromatic heterocycles. The number of benzene rings is 3. The summed E-state index contributed by atoms with van der Waals surface area (Å²) in [6, 6.07) is 19.6. The fraction of sp³-hybridized carbons (Fsp3) is 0.192. The largest absolute Gasteiger partial charge is 0.497 e. The lowest BCUT2D eigenvalue weighted by atomic mass is 9.99. The van der Waals surface area contributed by atoms with E-state index >= 15 is 0 Å². The number of aliphatic carboxylic acids is 1. The molecule has 1 heterocycles. The molecule has 32 heavy (non-hydrogen) atoms. The topological polar surface area (TPSA) is 83.9 Å². The number of anilines is 1. The third-order valence-electron chi connectivity index (χ3n) is 5.83. The van der Waals surface area contributed by atoms with Crippen LogP contribution in [0.2, 0.25) is 0 Å². The van der Waals surface area contributed by atoms with Crippen LogP contribution in [0.4, 0.5) is 5.69 Å². The minimum Gasteiger partial charge on any atom is -0.497 e. The Hall–Kier alpha value is -3.93. The molecule has 1 atom stereocenters. The molecule has 0 aliphatic carbocycles. The summed E-state index contributed by atoms with van der Waals surface area (Å²) in [5, 5.41) is 9.17. The summed E-state index contributed by atoms with van der Waals surface area (Å²) in [4.78, 5) is 38.5. The number of methoxy groups -OCH3 is 1. The van der Waals surface area contributed by atoms with E-state index < -0.39 is 11.9 Å². The molecule has 0 bridgehead atoms. The molecule has 0 radical (unpaired) electrons. The molecule has 3 aromatic carbocycles. The maximum Gasteiger partial charge on any atom is 0.310 e. The van der Waals surface area contributed by atoms with Crippen molar-refractivity contribution in [3.05, 3.63) is 94.5 Å². The number of carbonyl (C=O) groups is 3. The van der Waals surface area contributed by atoms with Crippen LogP contribution in [0, 0.1) is 0 Å². The average Bonchev–Trinajstić information content (AvgIpc) is 3.14. The molecule has 1 unspecified atom stereocenters. The first-order chi connectivity index (χ1) is 15.4. The van der Waals surface area contributed by atoms with E-state index in [1.165, 1.54) is 0 Å². The van der Waals surface area contributed by atoms with Gasteiger partial charge in [0, 0.05) is 23.2 Å². The number of Topliss-reactive ketones (excluding diaryl/α,β-unsaturated/α-hetero) is 1. The van der Waals surface area contributed by atoms with Gasteiger partial charge in [0.2, 0.25) is 0 Å². The van der Waals surface area contributed by atoms with Crippen molar-refractivity contribution >= 4 is 23.3 Å². The second-order valence-electron chi connectivity index (χ2n) is 7.86. The van der Waals surface area contributed by atoms with Gasteiger partial charge in [0.15, 0.2) is 5.78 Å². The minimum atomic E-state index is -0.890. The van der Waals surface area contributed by atoms with E-state index in [0.717, 1.165) is 11.1 Å². The van der Waals surface area contributed by atoms with E-state index in [1.807, 2.05) is 12.1 Å². The Kier molecular flexibility index (Phi) is 5.77. The van der Waals surface area contributed by atoms with E-state index in [9.17, 15) is 14.4 Å². The van der Waals surface area contributed by atoms with Crippen molar-refractivity contribution in [1.29, 1.82) is 0 Å². The van der Waals surface area contributed by atoms with Gasteiger partial charge in [-0.3, -0.25) is 14.4 Å². The summed E-state index contributed by atoms with van der Waals surface area (Å²) in [6.45, 7) is 2.07. The molecule has 0 saturated carbocycles. The van der Waals surface area contributed by atoms with Crippen molar-refractivity contribution in [1.82, 2.24) is 0 Å². The van der Waals surface area contributed by atoms with E-state index in [2.05, 4.69) is 0 Å². The van der Waals surface area contributed by atoms with Gasteiger partial charge in [-0.05, 0) is 66.1 Å². The molecule has 1 aliphatic heterocycles. The monoisotopic (exact) mass is 429 g/mol. The maximum atomic E-state index is 13.0. The molecule has 4 rings (SSSR count). The van der Waals surface area contributed by atoms with Crippen molar-refractivity contribution < 1.29 is 24.2 Å². The summed E-state index contributed by atoms with van der Waals surface area (Å²) >= 11 is 0. The summed E-state index contributed by atoms with van der Waals surface area (Å²) in [5.41, 5.74) is 4.26. The van der Waals surface area contributed by atoms with Gasteiger partial charge in [-0.15, -0.1) is 0 Å². The Morgan fingerprint density at radius 3 is 2.34 bits per heavy atom. The third kappa shape index (κ3) is 4.12. The maximum absolute atomic E-state index is 13.0. The van der Waals surface area contributed by atoms with Crippen LogP contribution in [0.1, 0.15) is 50.2 Å². The van der Waals surface area contributed by atoms with E-state index in [4.69, 9.17) is 9.84 Å². The zero-order chi connectivity index (χ0) is 22.8. The van der Waals surface area contributed by atoms with Crippen LogP contribution in [0.5, 0.6) is 5.75 Å². The van der Waals surface area contributed by atoms with Crippen LogP contribution in [0.15, 0.2) is 66.7 Å². The van der Waals surface area contributed by atoms with E-state index in [0.29, 0.717) is 34.7 Å². The molecule has 0 spiro atoms. The Morgan fingerprint density at radius 1 is 1.03 bits per heavy atom.